The van der Waals surface area contributed by atoms with Gasteiger partial charge < -0.3 is 14.6 Å². The average Bonchev–Trinajstić information content (AvgIpc) is 3.45. The van der Waals surface area contributed by atoms with Crippen molar-refractivity contribution < 1.29 is 23.8 Å². The molecule has 44 heavy (non-hydrogen) atoms. The van der Waals surface area contributed by atoms with Crippen molar-refractivity contribution in [1.82, 2.24) is 10.9 Å². The second kappa shape index (κ2) is 14.6. The molecule has 0 saturated heterocycles. The lowest BCUT2D eigenvalue weighted by Gasteiger charge is -2.29. The van der Waals surface area contributed by atoms with Crippen LogP contribution in [-0.2, 0) is 16.0 Å². The molecule has 1 heterocycles. The second-order valence-electron chi connectivity index (χ2n) is 10.5. The first-order valence-electron chi connectivity index (χ1n) is 14.7. The Morgan fingerprint density at radius 3 is 2.41 bits per heavy atom. The number of hydrogen-bond acceptors (Lipinski definition) is 6. The number of amides is 1. The number of ether oxygens (including phenoxy) is 2. The topological polar surface area (TPSA) is 92.2 Å². The Labute approximate surface area is 257 Å². The average molecular weight is 594 g/mol. The van der Waals surface area contributed by atoms with E-state index >= 15 is 0 Å². The maximum absolute atomic E-state index is 14.0. The van der Waals surface area contributed by atoms with Gasteiger partial charge in [-0.1, -0.05) is 72.8 Å². The van der Waals surface area contributed by atoms with Crippen LogP contribution in [0.3, 0.4) is 0 Å². The van der Waals surface area contributed by atoms with Crippen molar-refractivity contribution in [2.75, 3.05) is 19.8 Å². The third-order valence-corrected chi connectivity index (χ3v) is 7.44. The molecule has 4 aromatic carbocycles. The molecule has 0 bridgehead atoms. The summed E-state index contributed by atoms with van der Waals surface area (Å²) in [5.41, 5.74) is 8.91. The third-order valence-electron chi connectivity index (χ3n) is 7.44. The van der Waals surface area contributed by atoms with Crippen LogP contribution in [0.5, 0.6) is 5.75 Å². The molecule has 7 nitrogen and oxygen atoms in total. The monoisotopic (exact) mass is 593 g/mol. The third kappa shape index (κ3) is 7.22. The van der Waals surface area contributed by atoms with E-state index in [1.54, 1.807) is 12.1 Å². The van der Waals surface area contributed by atoms with Crippen LogP contribution < -0.4 is 15.6 Å². The number of halogens is 1. The summed E-state index contributed by atoms with van der Waals surface area (Å²) in [6.07, 6.45) is 2.23. The Bertz CT molecular complexity index is 1580. The van der Waals surface area contributed by atoms with Crippen molar-refractivity contribution >= 4 is 11.8 Å². The van der Waals surface area contributed by atoms with Crippen LogP contribution in [0.15, 0.2) is 121 Å². The van der Waals surface area contributed by atoms with Crippen LogP contribution in [0.4, 0.5) is 4.39 Å². The second-order valence-corrected chi connectivity index (χ2v) is 10.5. The van der Waals surface area contributed by atoms with Crippen LogP contribution in [0.2, 0.25) is 0 Å². The number of rotatable bonds is 14. The maximum atomic E-state index is 14.0. The predicted octanol–water partition coefficient (Wildman–Crippen LogP) is 5.95. The molecular weight excluding hydrogens is 557 g/mol. The number of aliphatic imine (C=N–C) groups is 1. The van der Waals surface area contributed by atoms with Gasteiger partial charge in [0, 0.05) is 31.6 Å². The molecule has 1 aliphatic rings. The van der Waals surface area contributed by atoms with Crippen molar-refractivity contribution in [3.63, 3.8) is 0 Å². The summed E-state index contributed by atoms with van der Waals surface area (Å²) in [5.74, 6) is 0.326. The minimum absolute atomic E-state index is 0.0591. The number of hydrogen-bond donors (Lipinski definition) is 3. The van der Waals surface area contributed by atoms with Crippen molar-refractivity contribution in [2.45, 2.75) is 30.9 Å². The van der Waals surface area contributed by atoms with Gasteiger partial charge in [-0.2, -0.15) is 0 Å². The van der Waals surface area contributed by atoms with Crippen LogP contribution >= 0.6 is 0 Å². The number of hydrazine groups is 1. The molecule has 1 amide bonds. The number of carbonyl (C=O) groups is 1. The van der Waals surface area contributed by atoms with Crippen molar-refractivity contribution in [2.24, 2.45) is 4.99 Å². The van der Waals surface area contributed by atoms with Gasteiger partial charge in [0.25, 0.3) is 5.91 Å². The van der Waals surface area contributed by atoms with E-state index in [0.29, 0.717) is 43.2 Å². The number of aliphatic hydroxyl groups is 1. The molecule has 0 saturated carbocycles. The summed E-state index contributed by atoms with van der Waals surface area (Å²) in [5, 5.41) is 9.02. The maximum Gasteiger partial charge on any atom is 0.266 e. The van der Waals surface area contributed by atoms with Gasteiger partial charge in [-0.05, 0) is 65.1 Å². The Kier molecular flexibility index (Phi) is 10.2. The van der Waals surface area contributed by atoms with Crippen LogP contribution in [0, 0.1) is 5.82 Å². The largest absolute Gasteiger partial charge is 0.494 e. The Hall–Kier alpha value is -4.79. The molecule has 3 N–H and O–H groups in total. The zero-order chi connectivity index (χ0) is 30.8. The molecule has 8 heteroatoms. The van der Waals surface area contributed by atoms with E-state index in [-0.39, 0.29) is 24.8 Å². The summed E-state index contributed by atoms with van der Waals surface area (Å²) in [4.78, 5) is 18.9. The summed E-state index contributed by atoms with van der Waals surface area (Å²) in [6.45, 7) is 4.79. The van der Waals surface area contributed by atoms with Crippen molar-refractivity contribution in [1.29, 1.82) is 0 Å². The summed E-state index contributed by atoms with van der Waals surface area (Å²) in [6, 6.07) is 31.7. The summed E-state index contributed by atoms with van der Waals surface area (Å²) < 4.78 is 25.8. The number of aliphatic hydroxyl groups excluding tert-OH is 1. The Balaban J connectivity index is 1.40. The fourth-order valence-corrected chi connectivity index (χ4v) is 5.17. The zero-order valence-corrected chi connectivity index (χ0v) is 24.4. The highest BCUT2D eigenvalue weighted by atomic mass is 19.1. The standard InChI is InChI=1S/C36H36FN3O4/c1-2-21-36(35(42)40-38-22-20-26-8-6-11-31(37)25-26)33(29-14-12-28(13-15-29)27-9-4-3-5-10-27)44-34(39-36)30-16-18-32(19-17-30)43-24-7-23-41/h2-6,8-19,25,33,38,41H,1,7,20-24H2,(H,40,42)/t33-,36-/m0/s1. The first-order chi connectivity index (χ1) is 21.5. The lowest BCUT2D eigenvalue weighted by atomic mass is 9.84. The predicted molar refractivity (Wildman–Crippen MR) is 170 cm³/mol. The fraction of sp³-hybridized carbons (Fsp3) is 0.222. The van der Waals surface area contributed by atoms with E-state index in [1.807, 2.05) is 84.9 Å². The molecule has 0 aromatic heterocycles. The van der Waals surface area contributed by atoms with E-state index in [4.69, 9.17) is 19.6 Å². The molecule has 5 rings (SSSR count). The molecule has 0 radical (unpaired) electrons. The molecule has 4 aromatic rings. The number of nitrogens with zero attached hydrogens (tertiary/aromatic N) is 1. The molecule has 0 unspecified atom stereocenters. The van der Waals surface area contributed by atoms with Gasteiger partial charge in [-0.15, -0.1) is 6.58 Å². The summed E-state index contributed by atoms with van der Waals surface area (Å²) in [7, 11) is 0. The van der Waals surface area contributed by atoms with Crippen molar-refractivity contribution in [3.8, 4) is 16.9 Å². The Morgan fingerprint density at radius 1 is 0.977 bits per heavy atom. The van der Waals surface area contributed by atoms with E-state index in [1.165, 1.54) is 12.1 Å². The van der Waals surface area contributed by atoms with E-state index in [0.717, 1.165) is 22.3 Å². The number of nitrogens with one attached hydrogen (secondary N) is 2. The lowest BCUT2D eigenvalue weighted by molar-refractivity contribution is -0.129. The Morgan fingerprint density at radius 2 is 1.70 bits per heavy atom. The minimum Gasteiger partial charge on any atom is -0.494 e. The van der Waals surface area contributed by atoms with Gasteiger partial charge in [0.2, 0.25) is 5.90 Å². The highest BCUT2D eigenvalue weighted by molar-refractivity contribution is 6.01. The molecular formula is C36H36FN3O4. The first kappa shape index (κ1) is 30.7. The molecule has 1 aliphatic heterocycles. The van der Waals surface area contributed by atoms with E-state index in [2.05, 4.69) is 17.4 Å². The van der Waals surface area contributed by atoms with Gasteiger partial charge in [-0.3, -0.25) is 10.2 Å². The van der Waals surface area contributed by atoms with Crippen LogP contribution in [0.1, 0.15) is 35.6 Å². The highest BCUT2D eigenvalue weighted by Crippen LogP contribution is 2.43. The summed E-state index contributed by atoms with van der Waals surface area (Å²) >= 11 is 0. The van der Waals surface area contributed by atoms with E-state index in [9.17, 15) is 9.18 Å². The zero-order valence-electron chi connectivity index (χ0n) is 24.4. The van der Waals surface area contributed by atoms with Gasteiger partial charge in [0.15, 0.2) is 11.6 Å². The van der Waals surface area contributed by atoms with Gasteiger partial charge in [0.1, 0.15) is 11.6 Å². The molecule has 226 valence electrons. The minimum atomic E-state index is -1.34. The highest BCUT2D eigenvalue weighted by Gasteiger charge is 2.52. The fourth-order valence-electron chi connectivity index (χ4n) is 5.17. The lowest BCUT2D eigenvalue weighted by Crippen LogP contribution is -2.52. The number of carbonyl (C=O) groups excluding carboxylic acids is 1. The van der Waals surface area contributed by atoms with Crippen LogP contribution in [0.25, 0.3) is 11.1 Å². The quantitative estimate of drug-likeness (QED) is 0.0955. The van der Waals surface area contributed by atoms with Gasteiger partial charge >= 0.3 is 0 Å². The number of benzene rings is 4. The molecule has 0 aliphatic carbocycles. The molecule has 0 fully saturated rings. The smallest absolute Gasteiger partial charge is 0.266 e. The van der Waals surface area contributed by atoms with Gasteiger partial charge in [0.05, 0.1) is 6.61 Å². The van der Waals surface area contributed by atoms with Gasteiger partial charge in [-0.25, -0.2) is 14.8 Å². The van der Waals surface area contributed by atoms with Crippen LogP contribution in [-0.4, -0.2) is 42.2 Å². The SMILES string of the molecule is C=CC[C@]1(C(=O)NNCCc2cccc(F)c2)N=C(c2ccc(OCCCO)cc2)O[C@H]1c1ccc(-c2ccccc2)cc1. The van der Waals surface area contributed by atoms with E-state index < -0.39 is 11.6 Å². The molecule has 2 atom stereocenters. The van der Waals surface area contributed by atoms with Crippen molar-refractivity contribution in [3.05, 3.63) is 138 Å². The molecule has 0 spiro atoms. The normalized spacial score (nSPS) is 17.4. The first-order valence-corrected chi connectivity index (χ1v) is 14.7.